The van der Waals surface area contributed by atoms with Gasteiger partial charge in [-0.05, 0) is 31.0 Å². The quantitative estimate of drug-likeness (QED) is 0.903. The largest absolute Gasteiger partial charge is 0.488 e. The van der Waals surface area contributed by atoms with Crippen molar-refractivity contribution in [3.8, 4) is 5.75 Å². The summed E-state index contributed by atoms with van der Waals surface area (Å²) < 4.78 is 18.8. The van der Waals surface area contributed by atoms with Crippen molar-refractivity contribution in [3.05, 3.63) is 29.0 Å². The molecule has 1 saturated carbocycles. The molecule has 1 fully saturated rings. The summed E-state index contributed by atoms with van der Waals surface area (Å²) in [5, 5.41) is 10.2. The third-order valence-electron chi connectivity index (χ3n) is 4.22. The lowest BCUT2D eigenvalue weighted by Gasteiger charge is -2.52. The van der Waals surface area contributed by atoms with Crippen LogP contribution in [0.1, 0.15) is 33.1 Å². The molecule has 2 rings (SSSR count). The van der Waals surface area contributed by atoms with Crippen molar-refractivity contribution in [1.29, 1.82) is 0 Å². The van der Waals surface area contributed by atoms with Crippen LogP contribution in [-0.4, -0.2) is 17.3 Å². The Bertz CT molecular complexity index is 432. The summed E-state index contributed by atoms with van der Waals surface area (Å²) in [5.74, 6) is 0.111. The van der Waals surface area contributed by atoms with E-state index in [9.17, 15) is 9.50 Å². The van der Waals surface area contributed by atoms with Crippen LogP contribution in [0.5, 0.6) is 5.75 Å². The minimum absolute atomic E-state index is 0.0505. The maximum Gasteiger partial charge on any atom is 0.138 e. The Labute approximate surface area is 112 Å². The van der Waals surface area contributed by atoms with Crippen molar-refractivity contribution in [2.75, 3.05) is 0 Å². The van der Waals surface area contributed by atoms with E-state index in [1.165, 1.54) is 12.1 Å². The molecule has 0 bridgehead atoms. The third kappa shape index (κ3) is 2.10. The van der Waals surface area contributed by atoms with Gasteiger partial charge in [0, 0.05) is 11.8 Å². The van der Waals surface area contributed by atoms with Crippen LogP contribution in [0.3, 0.4) is 0 Å². The predicted molar refractivity (Wildman–Crippen MR) is 69.5 cm³/mol. The van der Waals surface area contributed by atoms with Crippen LogP contribution in [0.25, 0.3) is 0 Å². The standard InChI is InChI=1S/C14H18ClFO2/c1-3-14(4-2)12(17)8-13(14)18-11-6-5-9(16)7-10(11)15/h5-7,12-13,17H,3-4,8H2,1-2H3. The normalized spacial score (nSPS) is 25.6. The molecule has 0 radical (unpaired) electrons. The summed E-state index contributed by atoms with van der Waals surface area (Å²) in [4.78, 5) is 0. The van der Waals surface area contributed by atoms with Crippen LogP contribution in [0.4, 0.5) is 4.39 Å². The summed E-state index contributed by atoms with van der Waals surface area (Å²) in [6, 6.07) is 4.11. The molecule has 1 N–H and O–H groups in total. The van der Waals surface area contributed by atoms with Crippen molar-refractivity contribution in [2.45, 2.75) is 45.3 Å². The van der Waals surface area contributed by atoms with E-state index < -0.39 is 0 Å². The summed E-state index contributed by atoms with van der Waals surface area (Å²) >= 11 is 5.94. The Morgan fingerprint density at radius 1 is 1.44 bits per heavy atom. The molecule has 0 heterocycles. The van der Waals surface area contributed by atoms with Crippen molar-refractivity contribution in [3.63, 3.8) is 0 Å². The number of aliphatic hydroxyl groups excluding tert-OH is 1. The Morgan fingerprint density at radius 2 is 2.11 bits per heavy atom. The van der Waals surface area contributed by atoms with Crippen LogP contribution in [-0.2, 0) is 0 Å². The fourth-order valence-electron chi connectivity index (χ4n) is 2.79. The fraction of sp³-hybridized carbons (Fsp3) is 0.571. The maximum absolute atomic E-state index is 12.9. The number of hydrogen-bond donors (Lipinski definition) is 1. The van der Waals surface area contributed by atoms with E-state index in [0.717, 1.165) is 12.8 Å². The van der Waals surface area contributed by atoms with Gasteiger partial charge < -0.3 is 9.84 Å². The summed E-state index contributed by atoms with van der Waals surface area (Å²) in [5.41, 5.74) is -0.197. The average molecular weight is 273 g/mol. The first kappa shape index (κ1) is 13.6. The number of halogens is 2. The number of benzene rings is 1. The van der Waals surface area contributed by atoms with E-state index in [0.29, 0.717) is 12.2 Å². The van der Waals surface area contributed by atoms with Gasteiger partial charge in [0.1, 0.15) is 17.7 Å². The second-order valence-corrected chi connectivity index (χ2v) is 5.28. The van der Waals surface area contributed by atoms with E-state index >= 15 is 0 Å². The smallest absolute Gasteiger partial charge is 0.138 e. The van der Waals surface area contributed by atoms with Gasteiger partial charge >= 0.3 is 0 Å². The molecular formula is C14H18ClFO2. The molecule has 1 aromatic rings. The maximum atomic E-state index is 12.9. The molecule has 0 spiro atoms. The zero-order chi connectivity index (χ0) is 13.3. The second kappa shape index (κ2) is 5.06. The van der Waals surface area contributed by atoms with Gasteiger partial charge in [0.15, 0.2) is 0 Å². The lowest BCUT2D eigenvalue weighted by molar-refractivity contribution is -0.159. The number of rotatable bonds is 4. The Hall–Kier alpha value is -0.800. The van der Waals surface area contributed by atoms with Gasteiger partial charge in [0.25, 0.3) is 0 Å². The van der Waals surface area contributed by atoms with Crippen LogP contribution < -0.4 is 4.74 Å². The zero-order valence-corrected chi connectivity index (χ0v) is 11.4. The molecule has 0 aromatic heterocycles. The lowest BCUT2D eigenvalue weighted by Crippen LogP contribution is -2.59. The SMILES string of the molecule is CCC1(CC)C(O)CC1Oc1ccc(F)cc1Cl. The fourth-order valence-corrected chi connectivity index (χ4v) is 3.00. The first-order valence-corrected chi connectivity index (χ1v) is 6.71. The Kier molecular flexibility index (Phi) is 3.83. The molecule has 1 aromatic carbocycles. The molecule has 0 saturated heterocycles. The van der Waals surface area contributed by atoms with E-state index in [-0.39, 0.29) is 28.5 Å². The predicted octanol–water partition coefficient (Wildman–Crippen LogP) is 3.80. The number of ether oxygens (including phenoxy) is 1. The van der Waals surface area contributed by atoms with Gasteiger partial charge in [-0.15, -0.1) is 0 Å². The molecule has 2 unspecified atom stereocenters. The summed E-state index contributed by atoms with van der Waals surface area (Å²) in [7, 11) is 0. The van der Waals surface area contributed by atoms with Gasteiger partial charge in [-0.1, -0.05) is 25.4 Å². The van der Waals surface area contributed by atoms with Crippen molar-refractivity contribution >= 4 is 11.6 Å². The van der Waals surface area contributed by atoms with Gasteiger partial charge in [-0.25, -0.2) is 4.39 Å². The molecule has 0 aliphatic heterocycles. The van der Waals surface area contributed by atoms with E-state index in [4.69, 9.17) is 16.3 Å². The van der Waals surface area contributed by atoms with Crippen molar-refractivity contribution in [1.82, 2.24) is 0 Å². The van der Waals surface area contributed by atoms with Gasteiger partial charge in [0.2, 0.25) is 0 Å². The Balaban J connectivity index is 2.15. The summed E-state index contributed by atoms with van der Waals surface area (Å²) in [6.07, 6.45) is 1.94. The molecule has 2 nitrogen and oxygen atoms in total. The number of aliphatic hydroxyl groups is 1. The third-order valence-corrected chi connectivity index (χ3v) is 4.52. The summed E-state index contributed by atoms with van der Waals surface area (Å²) in [6.45, 7) is 4.10. The van der Waals surface area contributed by atoms with Crippen molar-refractivity contribution in [2.24, 2.45) is 5.41 Å². The average Bonchev–Trinajstić information content (AvgIpc) is 2.33. The molecule has 100 valence electrons. The van der Waals surface area contributed by atoms with Crippen LogP contribution in [0.2, 0.25) is 5.02 Å². The van der Waals surface area contributed by atoms with Gasteiger partial charge in [-0.3, -0.25) is 0 Å². The van der Waals surface area contributed by atoms with Crippen molar-refractivity contribution < 1.29 is 14.2 Å². The topological polar surface area (TPSA) is 29.5 Å². The molecular weight excluding hydrogens is 255 g/mol. The highest BCUT2D eigenvalue weighted by Crippen LogP contribution is 2.49. The van der Waals surface area contributed by atoms with Crippen LogP contribution in [0.15, 0.2) is 18.2 Å². The highest BCUT2D eigenvalue weighted by atomic mass is 35.5. The molecule has 1 aliphatic rings. The first-order chi connectivity index (χ1) is 8.53. The zero-order valence-electron chi connectivity index (χ0n) is 10.6. The van der Waals surface area contributed by atoms with Gasteiger partial charge in [-0.2, -0.15) is 0 Å². The molecule has 1 aliphatic carbocycles. The molecule has 4 heteroatoms. The highest BCUT2D eigenvalue weighted by Gasteiger charge is 2.53. The van der Waals surface area contributed by atoms with E-state index in [1.54, 1.807) is 6.07 Å². The Morgan fingerprint density at radius 3 is 2.61 bits per heavy atom. The number of hydrogen-bond acceptors (Lipinski definition) is 2. The molecule has 18 heavy (non-hydrogen) atoms. The first-order valence-electron chi connectivity index (χ1n) is 6.33. The molecule has 0 amide bonds. The minimum Gasteiger partial charge on any atom is -0.488 e. The second-order valence-electron chi connectivity index (χ2n) is 4.87. The van der Waals surface area contributed by atoms with Crippen LogP contribution >= 0.6 is 11.6 Å². The molecule has 2 atom stereocenters. The lowest BCUT2D eigenvalue weighted by atomic mass is 9.60. The highest BCUT2D eigenvalue weighted by molar-refractivity contribution is 6.32. The monoisotopic (exact) mass is 272 g/mol. The van der Waals surface area contributed by atoms with Gasteiger partial charge in [0.05, 0.1) is 11.1 Å². The van der Waals surface area contributed by atoms with E-state index in [1.807, 2.05) is 0 Å². The van der Waals surface area contributed by atoms with Crippen LogP contribution in [0, 0.1) is 11.2 Å². The van der Waals surface area contributed by atoms with E-state index in [2.05, 4.69) is 13.8 Å². The minimum atomic E-state index is -0.377.